The summed E-state index contributed by atoms with van der Waals surface area (Å²) in [6.07, 6.45) is 2.13. The fourth-order valence-corrected chi connectivity index (χ4v) is 3.03. The number of carbonyl (C=O) groups excluding carboxylic acids is 1. The van der Waals surface area contributed by atoms with Crippen LogP contribution in [0, 0.1) is 6.92 Å². The van der Waals surface area contributed by atoms with E-state index < -0.39 is 5.97 Å². The van der Waals surface area contributed by atoms with Crippen LogP contribution in [-0.4, -0.2) is 31.0 Å². The number of aromatic carboxylic acids is 1. The summed E-state index contributed by atoms with van der Waals surface area (Å²) in [4.78, 5) is 18.9. The molecule has 170 valence electrons. The molecule has 0 aromatic heterocycles. The van der Waals surface area contributed by atoms with Crippen LogP contribution < -0.4 is 11.1 Å². The van der Waals surface area contributed by atoms with E-state index in [1.807, 2.05) is 26.0 Å². The highest BCUT2D eigenvalue weighted by Crippen LogP contribution is 2.24. The fraction of sp³-hybridized carbons (Fsp3) is 0.231. The van der Waals surface area contributed by atoms with Crippen molar-refractivity contribution in [3.63, 3.8) is 0 Å². The van der Waals surface area contributed by atoms with Gasteiger partial charge in [-0.1, -0.05) is 41.9 Å². The molecule has 4 N–H and O–H groups in total. The lowest BCUT2D eigenvalue weighted by atomic mass is 9.95. The van der Waals surface area contributed by atoms with Gasteiger partial charge in [-0.3, -0.25) is 0 Å². The molecule has 6 heteroatoms. The lowest BCUT2D eigenvalue weighted by Gasteiger charge is -2.13. The molecule has 0 aliphatic heterocycles. The van der Waals surface area contributed by atoms with Gasteiger partial charge in [-0.05, 0) is 92.4 Å². The SMILES string of the molecule is C=O.CN[C@@H](C)CCc1cc(-c2ccc(C(=O)O)cc2)ccc1C.Nc1ccc(Cl)cc1. The Morgan fingerprint density at radius 2 is 1.59 bits per heavy atom. The number of hydrogen-bond acceptors (Lipinski definition) is 4. The zero-order valence-corrected chi connectivity index (χ0v) is 19.5. The third-order valence-electron chi connectivity index (χ3n) is 5.02. The molecule has 0 aliphatic rings. The van der Waals surface area contributed by atoms with E-state index in [0.717, 1.165) is 34.7 Å². The Morgan fingerprint density at radius 1 is 1.03 bits per heavy atom. The number of carboxylic acids is 1. The van der Waals surface area contributed by atoms with Gasteiger partial charge in [0.1, 0.15) is 6.79 Å². The number of anilines is 1. The zero-order valence-electron chi connectivity index (χ0n) is 18.8. The molecule has 5 nitrogen and oxygen atoms in total. The number of carbonyl (C=O) groups is 2. The maximum atomic E-state index is 10.9. The van der Waals surface area contributed by atoms with Crippen molar-refractivity contribution in [3.05, 3.63) is 88.4 Å². The van der Waals surface area contributed by atoms with Crippen molar-refractivity contribution in [2.45, 2.75) is 32.7 Å². The zero-order chi connectivity index (χ0) is 24.1. The second kappa shape index (κ2) is 14.0. The molecule has 32 heavy (non-hydrogen) atoms. The second-order valence-electron chi connectivity index (χ2n) is 7.30. The molecule has 0 heterocycles. The third-order valence-corrected chi connectivity index (χ3v) is 5.28. The highest BCUT2D eigenvalue weighted by atomic mass is 35.5. The summed E-state index contributed by atoms with van der Waals surface area (Å²) in [5.41, 5.74) is 11.3. The standard InChI is InChI=1S/C19H23NO2.C6H6ClN.CH2O/c1-13-4-6-18(12-17(13)7-5-14(2)20-3)15-8-10-16(11-9-15)19(21)22;7-5-1-3-6(8)4-2-5;1-2/h4,6,8-12,14,20H,5,7H2,1-3H3,(H,21,22);1-4H,8H2;1H2/t14-;;/m0../s1. The first kappa shape index (κ1) is 26.9. The van der Waals surface area contributed by atoms with Crippen LogP contribution in [-0.2, 0) is 11.2 Å². The lowest BCUT2D eigenvalue weighted by molar-refractivity contribution is -0.0980. The van der Waals surface area contributed by atoms with Gasteiger partial charge in [0.2, 0.25) is 0 Å². The van der Waals surface area contributed by atoms with Crippen molar-refractivity contribution in [2.24, 2.45) is 0 Å². The van der Waals surface area contributed by atoms with E-state index in [0.29, 0.717) is 11.6 Å². The average Bonchev–Trinajstić information content (AvgIpc) is 2.82. The summed E-state index contributed by atoms with van der Waals surface area (Å²) in [5.74, 6) is -0.891. The van der Waals surface area contributed by atoms with Crippen molar-refractivity contribution < 1.29 is 14.7 Å². The number of nitrogens with two attached hydrogens (primary N) is 1. The van der Waals surface area contributed by atoms with E-state index in [1.54, 1.807) is 36.4 Å². The van der Waals surface area contributed by atoms with Crippen LogP contribution >= 0.6 is 11.6 Å². The lowest BCUT2D eigenvalue weighted by Crippen LogP contribution is -2.21. The highest BCUT2D eigenvalue weighted by Gasteiger charge is 2.07. The van der Waals surface area contributed by atoms with Crippen LogP contribution in [0.25, 0.3) is 11.1 Å². The Morgan fingerprint density at radius 3 is 2.09 bits per heavy atom. The summed E-state index contributed by atoms with van der Waals surface area (Å²) in [7, 11) is 1.98. The minimum atomic E-state index is -0.891. The minimum Gasteiger partial charge on any atom is -0.478 e. The molecular weight excluding hydrogens is 424 g/mol. The Labute approximate surface area is 195 Å². The topological polar surface area (TPSA) is 92.4 Å². The Kier molecular flexibility index (Phi) is 11.8. The van der Waals surface area contributed by atoms with E-state index in [2.05, 4.69) is 37.4 Å². The molecule has 0 radical (unpaired) electrons. The number of halogens is 1. The van der Waals surface area contributed by atoms with E-state index >= 15 is 0 Å². The van der Waals surface area contributed by atoms with Gasteiger partial charge in [0, 0.05) is 16.8 Å². The molecule has 0 saturated carbocycles. The number of nitrogen functional groups attached to an aromatic ring is 1. The Balaban J connectivity index is 0.000000427. The first-order valence-electron chi connectivity index (χ1n) is 10.2. The predicted octanol–water partition coefficient (Wildman–Crippen LogP) is 5.64. The van der Waals surface area contributed by atoms with E-state index in [4.69, 9.17) is 27.2 Å². The van der Waals surface area contributed by atoms with E-state index in [1.165, 1.54) is 11.1 Å². The highest BCUT2D eigenvalue weighted by molar-refractivity contribution is 6.30. The first-order valence-corrected chi connectivity index (χ1v) is 10.6. The smallest absolute Gasteiger partial charge is 0.335 e. The molecule has 3 rings (SSSR count). The van der Waals surface area contributed by atoms with Crippen LogP contribution in [0.3, 0.4) is 0 Å². The molecular formula is C26H31ClN2O3. The molecule has 0 unspecified atom stereocenters. The molecule has 0 fully saturated rings. The maximum absolute atomic E-state index is 10.9. The average molecular weight is 455 g/mol. The first-order chi connectivity index (χ1) is 15.3. The summed E-state index contributed by atoms with van der Waals surface area (Å²) in [5, 5.41) is 12.9. The van der Waals surface area contributed by atoms with Crippen LogP contribution in [0.2, 0.25) is 5.02 Å². The Hall–Kier alpha value is -3.15. The van der Waals surface area contributed by atoms with Gasteiger partial charge in [0.25, 0.3) is 0 Å². The number of rotatable bonds is 6. The molecule has 0 aliphatic carbocycles. The number of hydrogen-bond donors (Lipinski definition) is 3. The molecule has 3 aromatic rings. The van der Waals surface area contributed by atoms with Crippen molar-refractivity contribution in [2.75, 3.05) is 12.8 Å². The summed E-state index contributed by atoms with van der Waals surface area (Å²) < 4.78 is 0. The number of nitrogens with one attached hydrogen (secondary N) is 1. The number of carboxylic acid groups (broad SMARTS) is 1. The predicted molar refractivity (Wildman–Crippen MR) is 133 cm³/mol. The Bertz CT molecular complexity index is 952. The van der Waals surface area contributed by atoms with Crippen LogP contribution in [0.4, 0.5) is 5.69 Å². The van der Waals surface area contributed by atoms with Crippen molar-refractivity contribution >= 4 is 30.0 Å². The number of benzene rings is 3. The molecule has 3 aromatic carbocycles. The minimum absolute atomic E-state index is 0.318. The van der Waals surface area contributed by atoms with Gasteiger partial charge in [-0.15, -0.1) is 0 Å². The van der Waals surface area contributed by atoms with Gasteiger partial charge in [0.15, 0.2) is 0 Å². The van der Waals surface area contributed by atoms with E-state index in [-0.39, 0.29) is 0 Å². The van der Waals surface area contributed by atoms with Crippen LogP contribution in [0.15, 0.2) is 66.7 Å². The van der Waals surface area contributed by atoms with Gasteiger partial charge in [-0.2, -0.15) is 0 Å². The van der Waals surface area contributed by atoms with Gasteiger partial charge >= 0.3 is 5.97 Å². The molecule has 0 saturated heterocycles. The quantitative estimate of drug-likeness (QED) is 0.419. The summed E-state index contributed by atoms with van der Waals surface area (Å²) in [6, 6.07) is 21.0. The largest absolute Gasteiger partial charge is 0.478 e. The van der Waals surface area contributed by atoms with Crippen LogP contribution in [0.1, 0.15) is 34.8 Å². The number of aryl methyl sites for hydroxylation is 2. The third kappa shape index (κ3) is 8.92. The summed E-state index contributed by atoms with van der Waals surface area (Å²) >= 11 is 5.56. The van der Waals surface area contributed by atoms with Gasteiger partial charge in [0.05, 0.1) is 5.56 Å². The molecule has 0 bridgehead atoms. The molecule has 1 atom stereocenters. The monoisotopic (exact) mass is 454 g/mol. The second-order valence-corrected chi connectivity index (χ2v) is 7.74. The maximum Gasteiger partial charge on any atom is 0.335 e. The van der Waals surface area contributed by atoms with Gasteiger partial charge < -0.3 is 21.0 Å². The normalized spacial score (nSPS) is 10.8. The van der Waals surface area contributed by atoms with Gasteiger partial charge in [-0.25, -0.2) is 4.79 Å². The van der Waals surface area contributed by atoms with E-state index in [9.17, 15) is 4.79 Å². The van der Waals surface area contributed by atoms with Crippen molar-refractivity contribution in [1.29, 1.82) is 0 Å². The molecule has 0 spiro atoms. The van der Waals surface area contributed by atoms with Crippen LogP contribution in [0.5, 0.6) is 0 Å². The molecule has 0 amide bonds. The van der Waals surface area contributed by atoms with Crippen molar-refractivity contribution in [1.82, 2.24) is 5.32 Å². The fourth-order valence-electron chi connectivity index (χ4n) is 2.90. The summed E-state index contributed by atoms with van der Waals surface area (Å²) in [6.45, 7) is 6.32. The van der Waals surface area contributed by atoms with Crippen molar-refractivity contribution in [3.8, 4) is 11.1 Å².